The Kier molecular flexibility index (Phi) is 7.12. The predicted molar refractivity (Wildman–Crippen MR) is 121 cm³/mol. The standard InChI is InChI=1S/C20H21Cl2N5O2S/c1-11-5-4-6-12(2)18(11)29-10-17-25-26-20(27(17)23)30-13(3)19(28)24-16-8-14(21)7-15(22)9-16/h4-9,13H,10,23H2,1-3H3,(H,24,28). The molecule has 1 unspecified atom stereocenters. The predicted octanol–water partition coefficient (Wildman–Crippen LogP) is 4.61. The Morgan fingerprint density at radius 2 is 1.83 bits per heavy atom. The zero-order valence-corrected chi connectivity index (χ0v) is 19.0. The number of thioether (sulfide) groups is 1. The number of amides is 1. The molecule has 1 atom stereocenters. The van der Waals surface area contributed by atoms with E-state index < -0.39 is 5.25 Å². The van der Waals surface area contributed by atoms with Gasteiger partial charge in [-0.25, -0.2) is 4.68 Å². The molecule has 0 aliphatic heterocycles. The van der Waals surface area contributed by atoms with Gasteiger partial charge in [-0.2, -0.15) is 0 Å². The van der Waals surface area contributed by atoms with Crippen molar-refractivity contribution in [2.24, 2.45) is 0 Å². The maximum Gasteiger partial charge on any atom is 0.237 e. The zero-order valence-electron chi connectivity index (χ0n) is 16.6. The van der Waals surface area contributed by atoms with Crippen LogP contribution in [0.25, 0.3) is 0 Å². The van der Waals surface area contributed by atoms with Gasteiger partial charge < -0.3 is 15.9 Å². The van der Waals surface area contributed by atoms with Gasteiger partial charge in [-0.15, -0.1) is 10.2 Å². The van der Waals surface area contributed by atoms with Crippen molar-refractivity contribution in [2.45, 2.75) is 37.8 Å². The fourth-order valence-corrected chi connectivity index (χ4v) is 4.05. The van der Waals surface area contributed by atoms with Crippen molar-refractivity contribution in [3.63, 3.8) is 0 Å². The Hall–Kier alpha value is -2.42. The lowest BCUT2D eigenvalue weighted by Crippen LogP contribution is -2.24. The number of hydrogen-bond acceptors (Lipinski definition) is 6. The molecule has 7 nitrogen and oxygen atoms in total. The number of carbonyl (C=O) groups excluding carboxylic acids is 1. The summed E-state index contributed by atoms with van der Waals surface area (Å²) in [6.07, 6.45) is 0. The minimum absolute atomic E-state index is 0.164. The monoisotopic (exact) mass is 465 g/mol. The summed E-state index contributed by atoms with van der Waals surface area (Å²) in [5.41, 5.74) is 2.57. The van der Waals surface area contributed by atoms with Crippen LogP contribution in [-0.4, -0.2) is 26.0 Å². The number of rotatable bonds is 7. The first-order valence-corrected chi connectivity index (χ1v) is 10.7. The number of aromatic nitrogens is 3. The van der Waals surface area contributed by atoms with Crippen molar-refractivity contribution >= 4 is 46.6 Å². The molecule has 0 fully saturated rings. The van der Waals surface area contributed by atoms with Gasteiger partial charge >= 0.3 is 0 Å². The van der Waals surface area contributed by atoms with Crippen molar-refractivity contribution in [1.82, 2.24) is 14.9 Å². The molecule has 0 radical (unpaired) electrons. The van der Waals surface area contributed by atoms with E-state index in [9.17, 15) is 4.79 Å². The highest BCUT2D eigenvalue weighted by atomic mass is 35.5. The molecule has 0 spiro atoms. The van der Waals surface area contributed by atoms with Crippen molar-refractivity contribution in [2.75, 3.05) is 11.2 Å². The summed E-state index contributed by atoms with van der Waals surface area (Å²) in [5.74, 6) is 7.11. The molecule has 3 rings (SSSR count). The highest BCUT2D eigenvalue weighted by Gasteiger charge is 2.20. The van der Waals surface area contributed by atoms with Crippen LogP contribution in [0.5, 0.6) is 5.75 Å². The van der Waals surface area contributed by atoms with E-state index in [1.807, 2.05) is 32.0 Å². The molecule has 1 heterocycles. The molecule has 0 aliphatic rings. The van der Waals surface area contributed by atoms with Crippen LogP contribution < -0.4 is 15.9 Å². The third-order valence-corrected chi connectivity index (χ3v) is 5.76. The minimum atomic E-state index is -0.485. The van der Waals surface area contributed by atoms with Crippen LogP contribution >= 0.6 is 35.0 Å². The number of nitrogens with two attached hydrogens (primary N) is 1. The van der Waals surface area contributed by atoms with Gasteiger partial charge in [-0.1, -0.05) is 53.2 Å². The van der Waals surface area contributed by atoms with E-state index in [-0.39, 0.29) is 12.5 Å². The number of benzene rings is 2. The van der Waals surface area contributed by atoms with Crippen LogP contribution in [0.3, 0.4) is 0 Å². The molecule has 0 saturated heterocycles. The lowest BCUT2D eigenvalue weighted by molar-refractivity contribution is -0.115. The molecule has 2 aromatic carbocycles. The maximum absolute atomic E-state index is 12.5. The average molecular weight is 466 g/mol. The van der Waals surface area contributed by atoms with Gasteiger partial charge in [0.1, 0.15) is 12.4 Å². The van der Waals surface area contributed by atoms with E-state index in [1.54, 1.807) is 25.1 Å². The fourth-order valence-electron chi connectivity index (χ4n) is 2.73. The van der Waals surface area contributed by atoms with Gasteiger partial charge in [0, 0.05) is 15.7 Å². The summed E-state index contributed by atoms with van der Waals surface area (Å²) >= 11 is 13.1. The normalized spacial score (nSPS) is 11.9. The summed E-state index contributed by atoms with van der Waals surface area (Å²) in [4.78, 5) is 12.5. The van der Waals surface area contributed by atoms with E-state index in [0.29, 0.717) is 26.7 Å². The van der Waals surface area contributed by atoms with Crippen LogP contribution in [0.1, 0.15) is 23.9 Å². The Balaban J connectivity index is 1.63. The molecule has 3 N–H and O–H groups in total. The second-order valence-electron chi connectivity index (χ2n) is 6.69. The van der Waals surface area contributed by atoms with Gasteiger partial charge in [0.05, 0.1) is 5.25 Å². The third-order valence-electron chi connectivity index (χ3n) is 4.27. The van der Waals surface area contributed by atoms with E-state index in [4.69, 9.17) is 33.8 Å². The van der Waals surface area contributed by atoms with E-state index >= 15 is 0 Å². The topological polar surface area (TPSA) is 95.1 Å². The Bertz CT molecular complexity index is 1030. The third kappa shape index (κ3) is 5.38. The van der Waals surface area contributed by atoms with Gasteiger partial charge in [0.2, 0.25) is 11.1 Å². The summed E-state index contributed by atoms with van der Waals surface area (Å²) in [7, 11) is 0. The zero-order chi connectivity index (χ0) is 21.8. The number of nitrogens with zero attached hydrogens (tertiary/aromatic N) is 3. The Morgan fingerprint density at radius 1 is 1.20 bits per heavy atom. The van der Waals surface area contributed by atoms with Gasteiger partial charge in [-0.3, -0.25) is 4.79 Å². The molecule has 1 amide bonds. The smallest absolute Gasteiger partial charge is 0.237 e. The summed E-state index contributed by atoms with van der Waals surface area (Å²) in [6, 6.07) is 10.8. The Morgan fingerprint density at radius 3 is 2.47 bits per heavy atom. The van der Waals surface area contributed by atoms with Crippen LogP contribution in [0.15, 0.2) is 41.6 Å². The first-order valence-electron chi connectivity index (χ1n) is 9.06. The van der Waals surface area contributed by atoms with Gasteiger partial charge in [0.15, 0.2) is 5.82 Å². The molecule has 158 valence electrons. The average Bonchev–Trinajstić information content (AvgIpc) is 3.00. The molecule has 3 aromatic rings. The highest BCUT2D eigenvalue weighted by Crippen LogP contribution is 2.26. The maximum atomic E-state index is 12.5. The van der Waals surface area contributed by atoms with Crippen molar-refractivity contribution in [3.8, 4) is 5.75 Å². The molecule has 30 heavy (non-hydrogen) atoms. The summed E-state index contributed by atoms with van der Waals surface area (Å²) < 4.78 is 7.22. The lowest BCUT2D eigenvalue weighted by Gasteiger charge is -2.13. The molecule has 1 aromatic heterocycles. The number of nitrogens with one attached hydrogen (secondary N) is 1. The number of carbonyl (C=O) groups is 1. The van der Waals surface area contributed by atoms with Crippen LogP contribution in [0.4, 0.5) is 5.69 Å². The van der Waals surface area contributed by atoms with E-state index in [0.717, 1.165) is 16.9 Å². The summed E-state index contributed by atoms with van der Waals surface area (Å²) in [5, 5.41) is 11.7. The lowest BCUT2D eigenvalue weighted by atomic mass is 10.1. The molecule has 0 aliphatic carbocycles. The minimum Gasteiger partial charge on any atom is -0.485 e. The van der Waals surface area contributed by atoms with Crippen LogP contribution in [0, 0.1) is 13.8 Å². The van der Waals surface area contributed by atoms with E-state index in [2.05, 4.69) is 15.5 Å². The number of anilines is 1. The second-order valence-corrected chi connectivity index (χ2v) is 8.87. The quantitative estimate of drug-likeness (QED) is 0.390. The number of hydrogen-bond donors (Lipinski definition) is 2. The van der Waals surface area contributed by atoms with Crippen molar-refractivity contribution in [3.05, 3.63) is 63.4 Å². The number of ether oxygens (including phenoxy) is 1. The highest BCUT2D eigenvalue weighted by molar-refractivity contribution is 8.00. The summed E-state index contributed by atoms with van der Waals surface area (Å²) in [6.45, 7) is 5.86. The number of aryl methyl sites for hydroxylation is 2. The number of halogens is 2. The first kappa shape index (κ1) is 22.3. The van der Waals surface area contributed by atoms with Gasteiger partial charge in [0.25, 0.3) is 0 Å². The Labute approximate surface area is 188 Å². The molecule has 0 saturated carbocycles. The second kappa shape index (κ2) is 9.59. The van der Waals surface area contributed by atoms with E-state index in [1.165, 1.54) is 16.4 Å². The van der Waals surface area contributed by atoms with Gasteiger partial charge in [-0.05, 0) is 50.1 Å². The first-order chi connectivity index (χ1) is 14.2. The largest absolute Gasteiger partial charge is 0.485 e. The van der Waals surface area contributed by atoms with Crippen LogP contribution in [-0.2, 0) is 11.4 Å². The number of nitrogen functional groups attached to an aromatic ring is 1. The molecular formula is C20H21Cl2N5O2S. The SMILES string of the molecule is Cc1cccc(C)c1OCc1nnc(SC(C)C(=O)Nc2cc(Cl)cc(Cl)c2)n1N. The number of para-hydroxylation sites is 1. The molecule has 0 bridgehead atoms. The fraction of sp³-hybridized carbons (Fsp3) is 0.250. The molecule has 10 heteroatoms. The molecular weight excluding hydrogens is 445 g/mol. The van der Waals surface area contributed by atoms with Crippen LogP contribution in [0.2, 0.25) is 10.0 Å². The van der Waals surface area contributed by atoms with Crippen molar-refractivity contribution in [1.29, 1.82) is 0 Å². The van der Waals surface area contributed by atoms with Crippen molar-refractivity contribution < 1.29 is 9.53 Å².